The fourth-order valence-electron chi connectivity index (χ4n) is 5.06. The number of carbonyl (C=O) groups is 3. The van der Waals surface area contributed by atoms with Crippen molar-refractivity contribution in [2.45, 2.75) is 39.2 Å². The Kier molecular flexibility index (Phi) is 9.82. The molecule has 0 radical (unpaired) electrons. The van der Waals surface area contributed by atoms with Gasteiger partial charge in [0.05, 0.1) is 30.7 Å². The van der Waals surface area contributed by atoms with E-state index in [1.807, 2.05) is 44.2 Å². The van der Waals surface area contributed by atoms with E-state index in [4.69, 9.17) is 9.47 Å². The molecule has 1 saturated heterocycles. The molecule has 0 unspecified atom stereocenters. The number of para-hydroxylation sites is 1. The standard InChI is InChI=1S/C31H40N4O5/c1-22(2)26-21-40-27-9-5-4-8-25(27)29(37)32-17-7-6-14-31(30(38)34-26)15-18-35(19-16-31)20-28(36)33-23-10-12-24(39-3)13-11-23/h4-13,22,26H,14-21H2,1-3H3,(H,32,37)(H,33,36)(H,34,38)/b7-6+/t26-/m0/s1. The van der Waals surface area contributed by atoms with E-state index in [0.717, 1.165) is 5.75 Å². The van der Waals surface area contributed by atoms with Crippen LogP contribution in [0.1, 0.15) is 43.5 Å². The van der Waals surface area contributed by atoms with Crippen LogP contribution in [-0.2, 0) is 9.59 Å². The van der Waals surface area contributed by atoms with Gasteiger partial charge >= 0.3 is 0 Å². The van der Waals surface area contributed by atoms with E-state index >= 15 is 0 Å². The maximum atomic E-state index is 13.8. The van der Waals surface area contributed by atoms with Gasteiger partial charge in [0, 0.05) is 12.2 Å². The van der Waals surface area contributed by atoms with Crippen molar-refractivity contribution in [1.29, 1.82) is 0 Å². The summed E-state index contributed by atoms with van der Waals surface area (Å²) < 4.78 is 11.2. The number of amides is 3. The van der Waals surface area contributed by atoms with Gasteiger partial charge in [-0.25, -0.2) is 0 Å². The number of likely N-dealkylation sites (tertiary alicyclic amines) is 1. The number of nitrogens with zero attached hydrogens (tertiary/aromatic N) is 1. The topological polar surface area (TPSA) is 109 Å². The van der Waals surface area contributed by atoms with E-state index in [2.05, 4.69) is 20.9 Å². The minimum atomic E-state index is -0.599. The third-order valence-electron chi connectivity index (χ3n) is 7.76. The molecule has 1 atom stereocenters. The summed E-state index contributed by atoms with van der Waals surface area (Å²) in [5.74, 6) is 1.08. The number of hydrogen-bond acceptors (Lipinski definition) is 6. The lowest BCUT2D eigenvalue weighted by atomic mass is 9.74. The van der Waals surface area contributed by atoms with Crippen LogP contribution in [-0.4, -0.2) is 68.6 Å². The molecule has 0 bridgehead atoms. The summed E-state index contributed by atoms with van der Waals surface area (Å²) in [6.07, 6.45) is 5.70. The normalized spacial score (nSPS) is 20.9. The molecule has 3 amide bonds. The highest BCUT2D eigenvalue weighted by molar-refractivity contribution is 5.97. The van der Waals surface area contributed by atoms with Gasteiger partial charge in [-0.1, -0.05) is 38.1 Å². The number of carbonyl (C=O) groups excluding carboxylic acids is 3. The number of benzene rings is 2. The molecule has 214 valence electrons. The number of anilines is 1. The van der Waals surface area contributed by atoms with E-state index in [9.17, 15) is 14.4 Å². The molecular formula is C31H40N4O5. The maximum absolute atomic E-state index is 13.8. The molecule has 3 N–H and O–H groups in total. The molecule has 2 aliphatic heterocycles. The van der Waals surface area contributed by atoms with Gasteiger partial charge in [0.1, 0.15) is 18.1 Å². The Bertz CT molecular complexity index is 1200. The summed E-state index contributed by atoms with van der Waals surface area (Å²) in [5.41, 5.74) is 0.590. The average Bonchev–Trinajstić information content (AvgIpc) is 2.95. The maximum Gasteiger partial charge on any atom is 0.255 e. The summed E-state index contributed by atoms with van der Waals surface area (Å²) >= 11 is 0. The van der Waals surface area contributed by atoms with E-state index in [-0.39, 0.29) is 42.8 Å². The van der Waals surface area contributed by atoms with Crippen molar-refractivity contribution in [1.82, 2.24) is 15.5 Å². The van der Waals surface area contributed by atoms with Crippen LogP contribution in [0.15, 0.2) is 60.7 Å². The fraction of sp³-hybridized carbons (Fsp3) is 0.452. The molecule has 4 rings (SSSR count). The van der Waals surface area contributed by atoms with Crippen LogP contribution in [0.5, 0.6) is 11.5 Å². The average molecular weight is 549 g/mol. The first-order valence-corrected chi connectivity index (χ1v) is 13.9. The van der Waals surface area contributed by atoms with Crippen LogP contribution >= 0.6 is 0 Å². The van der Waals surface area contributed by atoms with Crippen molar-refractivity contribution in [3.8, 4) is 11.5 Å². The molecule has 0 saturated carbocycles. The van der Waals surface area contributed by atoms with Crippen molar-refractivity contribution in [3.05, 3.63) is 66.2 Å². The molecule has 40 heavy (non-hydrogen) atoms. The molecular weight excluding hydrogens is 508 g/mol. The number of methoxy groups -OCH3 is 1. The zero-order chi connectivity index (χ0) is 28.5. The monoisotopic (exact) mass is 548 g/mol. The molecule has 2 aromatic rings. The SMILES string of the molecule is COc1ccc(NC(=O)CN2CCC3(C/C=C/CNC(=O)c4ccccc4OC[C@@H](C(C)C)NC3=O)CC2)cc1. The van der Waals surface area contributed by atoms with Crippen molar-refractivity contribution in [3.63, 3.8) is 0 Å². The van der Waals surface area contributed by atoms with Gasteiger partial charge in [-0.05, 0) is 74.7 Å². The quantitative estimate of drug-likeness (QED) is 0.493. The second-order valence-electron chi connectivity index (χ2n) is 10.8. The van der Waals surface area contributed by atoms with Gasteiger partial charge in [-0.15, -0.1) is 0 Å². The summed E-state index contributed by atoms with van der Waals surface area (Å²) in [7, 11) is 1.60. The molecule has 2 heterocycles. The van der Waals surface area contributed by atoms with Crippen molar-refractivity contribution in [2.24, 2.45) is 11.3 Å². The van der Waals surface area contributed by atoms with Crippen LogP contribution in [0.25, 0.3) is 0 Å². The molecule has 0 aromatic heterocycles. The molecule has 9 nitrogen and oxygen atoms in total. The largest absolute Gasteiger partial charge is 0.497 e. The predicted molar refractivity (Wildman–Crippen MR) is 155 cm³/mol. The van der Waals surface area contributed by atoms with Crippen LogP contribution < -0.4 is 25.4 Å². The van der Waals surface area contributed by atoms with Crippen molar-refractivity contribution in [2.75, 3.05) is 45.2 Å². The van der Waals surface area contributed by atoms with Gasteiger partial charge in [0.2, 0.25) is 11.8 Å². The van der Waals surface area contributed by atoms with Crippen molar-refractivity contribution >= 4 is 23.4 Å². The first-order valence-electron chi connectivity index (χ1n) is 13.9. The Balaban J connectivity index is 1.42. The lowest BCUT2D eigenvalue weighted by Crippen LogP contribution is -2.54. The van der Waals surface area contributed by atoms with E-state index in [1.165, 1.54) is 0 Å². The van der Waals surface area contributed by atoms with Gasteiger partial charge in [0.15, 0.2) is 0 Å². The first kappa shape index (κ1) is 29.1. The molecule has 1 spiro atoms. The van der Waals surface area contributed by atoms with Gasteiger partial charge in [-0.2, -0.15) is 0 Å². The minimum Gasteiger partial charge on any atom is -0.497 e. The number of piperidine rings is 1. The Labute approximate surface area is 236 Å². The Morgan fingerprint density at radius 3 is 2.52 bits per heavy atom. The highest BCUT2D eigenvalue weighted by Gasteiger charge is 2.41. The van der Waals surface area contributed by atoms with Crippen LogP contribution in [0.2, 0.25) is 0 Å². The molecule has 2 aliphatic rings. The van der Waals surface area contributed by atoms with Gasteiger partial charge in [0.25, 0.3) is 5.91 Å². The number of ether oxygens (including phenoxy) is 2. The number of rotatable bonds is 5. The fourth-order valence-corrected chi connectivity index (χ4v) is 5.06. The van der Waals surface area contributed by atoms with Gasteiger partial charge < -0.3 is 25.4 Å². The lowest BCUT2D eigenvalue weighted by molar-refractivity contribution is -0.135. The zero-order valence-electron chi connectivity index (χ0n) is 23.6. The second-order valence-corrected chi connectivity index (χ2v) is 10.8. The van der Waals surface area contributed by atoms with E-state index < -0.39 is 5.41 Å². The highest BCUT2D eigenvalue weighted by atomic mass is 16.5. The highest BCUT2D eigenvalue weighted by Crippen LogP contribution is 2.36. The van der Waals surface area contributed by atoms with Crippen LogP contribution in [0.3, 0.4) is 0 Å². The Morgan fingerprint density at radius 1 is 1.10 bits per heavy atom. The third kappa shape index (κ3) is 7.41. The number of fused-ring (bicyclic) bond motifs is 1. The minimum absolute atomic E-state index is 0.0103. The molecule has 2 aromatic carbocycles. The van der Waals surface area contributed by atoms with E-state index in [0.29, 0.717) is 55.9 Å². The van der Waals surface area contributed by atoms with Crippen molar-refractivity contribution < 1.29 is 23.9 Å². The Morgan fingerprint density at radius 2 is 1.82 bits per heavy atom. The van der Waals surface area contributed by atoms with Crippen LogP contribution in [0.4, 0.5) is 5.69 Å². The third-order valence-corrected chi connectivity index (χ3v) is 7.76. The Hall–Kier alpha value is -3.85. The summed E-state index contributed by atoms with van der Waals surface area (Å²) in [4.78, 5) is 41.4. The molecule has 1 fully saturated rings. The summed E-state index contributed by atoms with van der Waals surface area (Å²) in [6, 6.07) is 14.2. The number of allylic oxidation sites excluding steroid dienone is 1. The van der Waals surface area contributed by atoms with E-state index in [1.54, 1.807) is 37.4 Å². The van der Waals surface area contributed by atoms with Gasteiger partial charge in [-0.3, -0.25) is 19.3 Å². The molecule has 0 aliphatic carbocycles. The zero-order valence-corrected chi connectivity index (χ0v) is 23.6. The summed E-state index contributed by atoms with van der Waals surface area (Å²) in [5, 5.41) is 9.11. The summed E-state index contributed by atoms with van der Waals surface area (Å²) in [6.45, 7) is 6.23. The second kappa shape index (κ2) is 13.5. The number of nitrogens with one attached hydrogen (secondary N) is 3. The molecule has 9 heteroatoms. The predicted octanol–water partition coefficient (Wildman–Crippen LogP) is 3.63. The van der Waals surface area contributed by atoms with Crippen LogP contribution in [0, 0.1) is 11.3 Å². The number of hydrogen-bond donors (Lipinski definition) is 3. The lowest BCUT2D eigenvalue weighted by Gasteiger charge is -2.41. The first-order chi connectivity index (χ1) is 19.3. The smallest absolute Gasteiger partial charge is 0.255 e.